The van der Waals surface area contributed by atoms with Gasteiger partial charge in [0.15, 0.2) is 0 Å². The molecule has 1 fully saturated rings. The van der Waals surface area contributed by atoms with Crippen molar-refractivity contribution in [3.05, 3.63) is 95.7 Å². The zero-order valence-corrected chi connectivity index (χ0v) is 15.8. The molecule has 142 valence electrons. The lowest BCUT2D eigenvalue weighted by molar-refractivity contribution is 0.0606. The SMILES string of the molecule is O=C(c1ccccc1)N1CCCCC1c1cccnc1OCc1ccccc1. The molecule has 1 aromatic heterocycles. The van der Waals surface area contributed by atoms with Crippen molar-refractivity contribution in [1.29, 1.82) is 0 Å². The Morgan fingerprint density at radius 3 is 2.50 bits per heavy atom. The van der Waals surface area contributed by atoms with Crippen molar-refractivity contribution in [3.63, 3.8) is 0 Å². The molecule has 2 heterocycles. The van der Waals surface area contributed by atoms with Gasteiger partial charge in [0.2, 0.25) is 5.88 Å². The maximum Gasteiger partial charge on any atom is 0.254 e. The molecule has 28 heavy (non-hydrogen) atoms. The first-order chi connectivity index (χ1) is 13.8. The second-order valence-electron chi connectivity index (χ2n) is 7.05. The van der Waals surface area contributed by atoms with Crippen molar-refractivity contribution in [2.45, 2.75) is 31.9 Å². The molecule has 0 aliphatic carbocycles. The summed E-state index contributed by atoms with van der Waals surface area (Å²) in [6.45, 7) is 1.22. The number of hydrogen-bond donors (Lipinski definition) is 0. The van der Waals surface area contributed by atoms with Crippen LogP contribution in [0, 0.1) is 0 Å². The normalized spacial score (nSPS) is 16.6. The Morgan fingerprint density at radius 1 is 0.964 bits per heavy atom. The van der Waals surface area contributed by atoms with Gasteiger partial charge < -0.3 is 9.64 Å². The van der Waals surface area contributed by atoms with Crippen LogP contribution in [0.4, 0.5) is 0 Å². The molecule has 0 bridgehead atoms. The van der Waals surface area contributed by atoms with Crippen LogP contribution >= 0.6 is 0 Å². The summed E-state index contributed by atoms with van der Waals surface area (Å²) in [4.78, 5) is 19.6. The van der Waals surface area contributed by atoms with Crippen LogP contribution in [-0.2, 0) is 6.61 Å². The van der Waals surface area contributed by atoms with E-state index in [2.05, 4.69) is 4.98 Å². The minimum absolute atomic E-state index is 0.0130. The maximum absolute atomic E-state index is 13.1. The van der Waals surface area contributed by atoms with E-state index in [4.69, 9.17) is 4.74 Å². The zero-order valence-electron chi connectivity index (χ0n) is 15.8. The van der Waals surface area contributed by atoms with E-state index in [1.807, 2.05) is 77.7 Å². The number of benzene rings is 2. The second-order valence-corrected chi connectivity index (χ2v) is 7.05. The highest BCUT2D eigenvalue weighted by molar-refractivity contribution is 5.94. The number of amides is 1. The smallest absolute Gasteiger partial charge is 0.254 e. The van der Waals surface area contributed by atoms with Gasteiger partial charge in [0.25, 0.3) is 5.91 Å². The van der Waals surface area contributed by atoms with E-state index in [9.17, 15) is 4.79 Å². The third-order valence-electron chi connectivity index (χ3n) is 5.16. The number of carbonyl (C=O) groups is 1. The molecule has 3 aromatic rings. The summed E-state index contributed by atoms with van der Waals surface area (Å²) in [5, 5.41) is 0. The van der Waals surface area contributed by atoms with E-state index < -0.39 is 0 Å². The molecule has 0 spiro atoms. The Bertz CT molecular complexity index is 912. The monoisotopic (exact) mass is 372 g/mol. The van der Waals surface area contributed by atoms with Crippen LogP contribution in [0.15, 0.2) is 79.0 Å². The van der Waals surface area contributed by atoms with E-state index in [-0.39, 0.29) is 11.9 Å². The van der Waals surface area contributed by atoms with Crippen molar-refractivity contribution >= 4 is 5.91 Å². The number of carbonyl (C=O) groups excluding carboxylic acids is 1. The van der Waals surface area contributed by atoms with Crippen LogP contribution in [-0.4, -0.2) is 22.3 Å². The van der Waals surface area contributed by atoms with E-state index >= 15 is 0 Å². The van der Waals surface area contributed by atoms with Crippen LogP contribution in [0.2, 0.25) is 0 Å². The molecule has 4 heteroatoms. The Hall–Kier alpha value is -3.14. The van der Waals surface area contributed by atoms with Gasteiger partial charge in [-0.3, -0.25) is 4.79 Å². The van der Waals surface area contributed by atoms with Gasteiger partial charge in [0.05, 0.1) is 6.04 Å². The van der Waals surface area contributed by atoms with E-state index in [0.29, 0.717) is 12.5 Å². The fraction of sp³-hybridized carbons (Fsp3) is 0.250. The number of aromatic nitrogens is 1. The predicted octanol–water partition coefficient (Wildman–Crippen LogP) is 5.03. The van der Waals surface area contributed by atoms with Gasteiger partial charge in [-0.05, 0) is 43.0 Å². The van der Waals surface area contributed by atoms with Gasteiger partial charge >= 0.3 is 0 Å². The quantitative estimate of drug-likeness (QED) is 0.631. The molecule has 1 saturated heterocycles. The van der Waals surface area contributed by atoms with Crippen molar-refractivity contribution in [1.82, 2.24) is 9.88 Å². The molecule has 0 saturated carbocycles. The summed E-state index contributed by atoms with van der Waals surface area (Å²) in [5.74, 6) is 0.687. The average molecular weight is 372 g/mol. The van der Waals surface area contributed by atoms with Crippen LogP contribution in [0.3, 0.4) is 0 Å². The molecule has 1 amide bonds. The largest absolute Gasteiger partial charge is 0.473 e. The maximum atomic E-state index is 13.1. The lowest BCUT2D eigenvalue weighted by atomic mass is 9.95. The molecule has 1 atom stereocenters. The fourth-order valence-corrected chi connectivity index (χ4v) is 3.75. The molecular formula is C24H24N2O2. The average Bonchev–Trinajstić information content (AvgIpc) is 2.79. The number of rotatable bonds is 5. The second kappa shape index (κ2) is 8.70. The van der Waals surface area contributed by atoms with E-state index in [1.165, 1.54) is 0 Å². The lowest BCUT2D eigenvalue weighted by Gasteiger charge is -2.36. The third kappa shape index (κ3) is 4.06. The van der Waals surface area contributed by atoms with Gasteiger partial charge in [0, 0.05) is 23.9 Å². The molecular weight excluding hydrogens is 348 g/mol. The van der Waals surface area contributed by atoms with Crippen molar-refractivity contribution in [2.24, 2.45) is 0 Å². The Kier molecular flexibility index (Phi) is 5.66. The Labute approximate surface area is 165 Å². The number of likely N-dealkylation sites (tertiary alicyclic amines) is 1. The summed E-state index contributed by atoms with van der Waals surface area (Å²) in [6.07, 6.45) is 4.79. The zero-order chi connectivity index (χ0) is 19.2. The first-order valence-corrected chi connectivity index (χ1v) is 9.80. The minimum atomic E-state index is -0.0130. The Morgan fingerprint density at radius 2 is 1.71 bits per heavy atom. The molecule has 0 radical (unpaired) electrons. The standard InChI is InChI=1S/C24H24N2O2/c27-24(20-12-5-2-6-13-20)26-17-8-7-15-22(26)21-14-9-16-25-23(21)28-18-19-10-3-1-4-11-19/h1-6,9-14,16,22H,7-8,15,17-18H2. The molecule has 4 nitrogen and oxygen atoms in total. The van der Waals surface area contributed by atoms with Crippen molar-refractivity contribution in [2.75, 3.05) is 6.54 Å². The van der Waals surface area contributed by atoms with Crippen molar-refractivity contribution < 1.29 is 9.53 Å². The highest BCUT2D eigenvalue weighted by Gasteiger charge is 2.31. The number of nitrogens with zero attached hydrogens (tertiary/aromatic N) is 2. The van der Waals surface area contributed by atoms with Gasteiger partial charge in [-0.25, -0.2) is 4.98 Å². The first kappa shape index (κ1) is 18.2. The van der Waals surface area contributed by atoms with Crippen LogP contribution in [0.25, 0.3) is 0 Å². The third-order valence-corrected chi connectivity index (χ3v) is 5.16. The first-order valence-electron chi connectivity index (χ1n) is 9.80. The summed E-state index contributed by atoms with van der Waals surface area (Å²) >= 11 is 0. The molecule has 0 N–H and O–H groups in total. The summed E-state index contributed by atoms with van der Waals surface area (Å²) < 4.78 is 6.06. The highest BCUT2D eigenvalue weighted by Crippen LogP contribution is 2.36. The van der Waals surface area contributed by atoms with E-state index in [1.54, 1.807) is 6.20 Å². The summed E-state index contributed by atoms with van der Waals surface area (Å²) in [6, 6.07) is 23.5. The van der Waals surface area contributed by atoms with Crippen LogP contribution in [0.1, 0.15) is 46.8 Å². The van der Waals surface area contributed by atoms with Crippen LogP contribution < -0.4 is 4.74 Å². The number of hydrogen-bond acceptors (Lipinski definition) is 3. The molecule has 4 rings (SSSR count). The van der Waals surface area contributed by atoms with E-state index in [0.717, 1.165) is 42.5 Å². The Balaban J connectivity index is 1.58. The van der Waals surface area contributed by atoms with Gasteiger partial charge in [0.1, 0.15) is 6.61 Å². The lowest BCUT2D eigenvalue weighted by Crippen LogP contribution is -2.38. The number of piperidine rings is 1. The predicted molar refractivity (Wildman–Crippen MR) is 109 cm³/mol. The molecule has 1 aliphatic heterocycles. The topological polar surface area (TPSA) is 42.4 Å². The summed E-state index contributed by atoms with van der Waals surface area (Å²) in [5.41, 5.74) is 2.81. The highest BCUT2D eigenvalue weighted by atomic mass is 16.5. The summed E-state index contributed by atoms with van der Waals surface area (Å²) in [7, 11) is 0. The van der Waals surface area contributed by atoms with Crippen LogP contribution in [0.5, 0.6) is 5.88 Å². The number of ether oxygens (including phenoxy) is 1. The molecule has 1 unspecified atom stereocenters. The van der Waals surface area contributed by atoms with Gasteiger partial charge in [-0.15, -0.1) is 0 Å². The van der Waals surface area contributed by atoms with Crippen molar-refractivity contribution in [3.8, 4) is 5.88 Å². The number of pyridine rings is 1. The fourth-order valence-electron chi connectivity index (χ4n) is 3.75. The minimum Gasteiger partial charge on any atom is -0.473 e. The van der Waals surface area contributed by atoms with Gasteiger partial charge in [-0.2, -0.15) is 0 Å². The molecule has 1 aliphatic rings. The van der Waals surface area contributed by atoms with Gasteiger partial charge in [-0.1, -0.05) is 54.6 Å². The molecule has 2 aromatic carbocycles.